The average molecular weight is 289 g/mol. The van der Waals surface area contributed by atoms with Crippen LogP contribution in [0.2, 0.25) is 0 Å². The summed E-state index contributed by atoms with van der Waals surface area (Å²) in [7, 11) is 1.89. The molecule has 2 aromatic rings. The minimum absolute atomic E-state index is 0.0234. The summed E-state index contributed by atoms with van der Waals surface area (Å²) in [4.78, 5) is 16.0. The van der Waals surface area contributed by atoms with E-state index in [0.29, 0.717) is 25.6 Å². The molecule has 2 N–H and O–H groups in total. The van der Waals surface area contributed by atoms with Crippen molar-refractivity contribution in [3.05, 3.63) is 23.5 Å². The van der Waals surface area contributed by atoms with Gasteiger partial charge in [0.1, 0.15) is 0 Å². The Kier molecular flexibility index (Phi) is 4.90. The molecular formula is C15H23N5O. The first kappa shape index (κ1) is 15.4. The lowest BCUT2D eigenvalue weighted by Crippen LogP contribution is -2.35. The van der Waals surface area contributed by atoms with E-state index in [-0.39, 0.29) is 5.91 Å². The minimum Gasteiger partial charge on any atom is -0.355 e. The predicted octanol–water partition coefficient (Wildman–Crippen LogP) is 1.14. The van der Waals surface area contributed by atoms with E-state index in [2.05, 4.69) is 40.6 Å². The Morgan fingerprint density at radius 2 is 2.19 bits per heavy atom. The zero-order valence-electron chi connectivity index (χ0n) is 13.1. The van der Waals surface area contributed by atoms with Gasteiger partial charge in [-0.05, 0) is 24.5 Å². The van der Waals surface area contributed by atoms with Crippen LogP contribution in [0.1, 0.15) is 25.1 Å². The topological polar surface area (TPSA) is 71.8 Å². The molecule has 0 aliphatic heterocycles. The maximum atomic E-state index is 11.6. The van der Waals surface area contributed by atoms with E-state index in [4.69, 9.17) is 0 Å². The van der Waals surface area contributed by atoms with Gasteiger partial charge in [0.25, 0.3) is 0 Å². The fraction of sp³-hybridized carbons (Fsp3) is 0.533. The highest BCUT2D eigenvalue weighted by molar-refractivity contribution is 5.79. The molecule has 6 heteroatoms. The molecule has 6 nitrogen and oxygen atoms in total. The van der Waals surface area contributed by atoms with Gasteiger partial charge in [-0.15, -0.1) is 0 Å². The number of hydrogen-bond donors (Lipinski definition) is 2. The molecule has 0 saturated carbocycles. The summed E-state index contributed by atoms with van der Waals surface area (Å²) in [6, 6.07) is 2.07. The molecule has 2 aromatic heterocycles. The Labute approximate surface area is 124 Å². The summed E-state index contributed by atoms with van der Waals surface area (Å²) in [6.45, 7) is 7.77. The molecular weight excluding hydrogens is 266 g/mol. The largest absolute Gasteiger partial charge is 0.355 e. The van der Waals surface area contributed by atoms with Crippen molar-refractivity contribution in [2.75, 3.05) is 13.1 Å². The molecule has 0 aliphatic carbocycles. The van der Waals surface area contributed by atoms with Gasteiger partial charge in [-0.3, -0.25) is 9.48 Å². The lowest BCUT2D eigenvalue weighted by molar-refractivity contribution is -0.120. The third-order valence-corrected chi connectivity index (χ3v) is 3.24. The number of aryl methyl sites for hydroxylation is 2. The van der Waals surface area contributed by atoms with Gasteiger partial charge in [0.2, 0.25) is 5.91 Å². The molecule has 21 heavy (non-hydrogen) atoms. The smallest absolute Gasteiger partial charge is 0.233 e. The summed E-state index contributed by atoms with van der Waals surface area (Å²) < 4.78 is 1.78. The second kappa shape index (κ2) is 6.67. The van der Waals surface area contributed by atoms with Gasteiger partial charge >= 0.3 is 0 Å². The van der Waals surface area contributed by atoms with E-state index < -0.39 is 0 Å². The van der Waals surface area contributed by atoms with E-state index in [1.807, 2.05) is 20.2 Å². The van der Waals surface area contributed by atoms with Gasteiger partial charge in [-0.2, -0.15) is 5.10 Å². The van der Waals surface area contributed by atoms with Crippen molar-refractivity contribution in [3.63, 3.8) is 0 Å². The maximum Gasteiger partial charge on any atom is 0.233 e. The van der Waals surface area contributed by atoms with Crippen LogP contribution in [0.4, 0.5) is 0 Å². The lowest BCUT2D eigenvalue weighted by Gasteiger charge is -2.08. The summed E-state index contributed by atoms with van der Waals surface area (Å²) in [5, 5.41) is 11.4. The zero-order valence-corrected chi connectivity index (χ0v) is 13.1. The Hall–Kier alpha value is -1.95. The van der Waals surface area contributed by atoms with Gasteiger partial charge < -0.3 is 10.6 Å². The first-order valence-electron chi connectivity index (χ1n) is 7.23. The van der Waals surface area contributed by atoms with Crippen LogP contribution in [0.25, 0.3) is 11.0 Å². The molecule has 0 atom stereocenters. The van der Waals surface area contributed by atoms with Crippen LogP contribution in [-0.4, -0.2) is 33.8 Å². The van der Waals surface area contributed by atoms with Crippen LogP contribution >= 0.6 is 0 Å². The molecule has 2 rings (SSSR count). The molecule has 0 radical (unpaired) electrons. The van der Waals surface area contributed by atoms with Crippen molar-refractivity contribution in [2.45, 2.75) is 27.3 Å². The van der Waals surface area contributed by atoms with Crippen LogP contribution < -0.4 is 10.6 Å². The molecule has 0 bridgehead atoms. The molecule has 0 saturated heterocycles. The number of fused-ring (bicyclic) bond motifs is 1. The molecule has 0 unspecified atom stereocenters. The van der Waals surface area contributed by atoms with E-state index in [0.717, 1.165) is 22.3 Å². The van der Waals surface area contributed by atoms with Crippen molar-refractivity contribution < 1.29 is 4.79 Å². The Morgan fingerprint density at radius 3 is 2.90 bits per heavy atom. The fourth-order valence-corrected chi connectivity index (χ4v) is 2.15. The number of nitrogens with zero attached hydrogens (tertiary/aromatic N) is 3. The second-order valence-electron chi connectivity index (χ2n) is 5.73. The fourth-order valence-electron chi connectivity index (χ4n) is 2.15. The summed E-state index contributed by atoms with van der Waals surface area (Å²) in [5.41, 5.74) is 2.90. The monoisotopic (exact) mass is 289 g/mol. The van der Waals surface area contributed by atoms with Crippen molar-refractivity contribution in [3.8, 4) is 0 Å². The predicted molar refractivity (Wildman–Crippen MR) is 82.8 cm³/mol. The van der Waals surface area contributed by atoms with Crippen LogP contribution in [0.3, 0.4) is 0 Å². The van der Waals surface area contributed by atoms with Crippen molar-refractivity contribution in [1.29, 1.82) is 0 Å². The minimum atomic E-state index is 0.0234. The van der Waals surface area contributed by atoms with Crippen molar-refractivity contribution in [1.82, 2.24) is 25.4 Å². The van der Waals surface area contributed by atoms with E-state index in [1.54, 1.807) is 4.68 Å². The second-order valence-corrected chi connectivity index (χ2v) is 5.73. The number of carbonyl (C=O) groups excluding carboxylic acids is 1. The number of hydrogen-bond acceptors (Lipinski definition) is 4. The first-order valence-corrected chi connectivity index (χ1v) is 7.23. The van der Waals surface area contributed by atoms with Crippen molar-refractivity contribution in [2.24, 2.45) is 13.0 Å². The van der Waals surface area contributed by atoms with Gasteiger partial charge in [-0.25, -0.2) is 4.98 Å². The van der Waals surface area contributed by atoms with Crippen LogP contribution in [0, 0.1) is 12.8 Å². The number of pyridine rings is 1. The molecule has 0 spiro atoms. The lowest BCUT2D eigenvalue weighted by atomic mass is 10.2. The number of aromatic nitrogens is 3. The molecule has 114 valence electrons. The number of rotatable bonds is 6. The molecule has 0 aromatic carbocycles. The summed E-state index contributed by atoms with van der Waals surface area (Å²) in [6.07, 6.45) is 1.82. The average Bonchev–Trinajstić information content (AvgIpc) is 2.71. The normalized spacial score (nSPS) is 11.3. The highest BCUT2D eigenvalue weighted by Gasteiger charge is 2.07. The van der Waals surface area contributed by atoms with Gasteiger partial charge in [0.15, 0.2) is 5.65 Å². The molecule has 0 aliphatic rings. The Morgan fingerprint density at radius 1 is 1.43 bits per heavy atom. The first-order chi connectivity index (χ1) is 9.97. The number of nitrogens with one attached hydrogen (secondary N) is 2. The van der Waals surface area contributed by atoms with Gasteiger partial charge in [0, 0.05) is 31.7 Å². The third-order valence-electron chi connectivity index (χ3n) is 3.24. The summed E-state index contributed by atoms with van der Waals surface area (Å²) >= 11 is 0. The van der Waals surface area contributed by atoms with Crippen LogP contribution in [0.5, 0.6) is 0 Å². The van der Waals surface area contributed by atoms with Crippen molar-refractivity contribution >= 4 is 16.9 Å². The van der Waals surface area contributed by atoms with Crippen LogP contribution in [-0.2, 0) is 18.4 Å². The Bertz CT molecular complexity index is 632. The van der Waals surface area contributed by atoms with E-state index >= 15 is 0 Å². The number of carbonyl (C=O) groups is 1. The highest BCUT2D eigenvalue weighted by atomic mass is 16.1. The standard InChI is InChI=1S/C15H23N5O/c1-10(2)6-17-14(21)9-16-7-12-5-13-11(3)19-20(4)15(13)18-8-12/h5,8,10,16H,6-7,9H2,1-4H3,(H,17,21). The maximum absolute atomic E-state index is 11.6. The molecule has 2 heterocycles. The molecule has 0 fully saturated rings. The Balaban J connectivity index is 1.89. The zero-order chi connectivity index (χ0) is 15.4. The van der Waals surface area contributed by atoms with Crippen LogP contribution in [0.15, 0.2) is 12.3 Å². The number of amides is 1. The van der Waals surface area contributed by atoms with Gasteiger partial charge in [-0.1, -0.05) is 13.8 Å². The molecule has 1 amide bonds. The quantitative estimate of drug-likeness (QED) is 0.836. The highest BCUT2D eigenvalue weighted by Crippen LogP contribution is 2.16. The SMILES string of the molecule is Cc1nn(C)c2ncc(CNCC(=O)NCC(C)C)cc12. The van der Waals surface area contributed by atoms with E-state index in [9.17, 15) is 4.79 Å². The third kappa shape index (κ3) is 4.01. The van der Waals surface area contributed by atoms with E-state index in [1.165, 1.54) is 0 Å². The summed E-state index contributed by atoms with van der Waals surface area (Å²) in [5.74, 6) is 0.490. The van der Waals surface area contributed by atoms with Gasteiger partial charge in [0.05, 0.1) is 12.2 Å².